The number of carbonyl (C=O) groups is 1. The molecule has 31 heavy (non-hydrogen) atoms. The zero-order valence-corrected chi connectivity index (χ0v) is 16.6. The van der Waals surface area contributed by atoms with E-state index in [-0.39, 0.29) is 22.9 Å². The molecule has 8 nitrogen and oxygen atoms in total. The van der Waals surface area contributed by atoms with Crippen LogP contribution in [0.1, 0.15) is 6.42 Å². The van der Waals surface area contributed by atoms with Crippen molar-refractivity contribution in [3.63, 3.8) is 0 Å². The molecule has 2 aromatic rings. The molecule has 0 fully saturated rings. The van der Waals surface area contributed by atoms with E-state index in [0.29, 0.717) is 37.3 Å². The lowest BCUT2D eigenvalue weighted by Gasteiger charge is -2.41. The van der Waals surface area contributed by atoms with Crippen LogP contribution in [0.3, 0.4) is 0 Å². The zero-order valence-electron chi connectivity index (χ0n) is 16.6. The van der Waals surface area contributed by atoms with Gasteiger partial charge in [0, 0.05) is 25.4 Å². The maximum atomic E-state index is 13.3. The first-order chi connectivity index (χ1) is 14.7. The molecule has 0 saturated carbocycles. The number of aromatic nitrogens is 1. The normalized spacial score (nSPS) is 17.5. The van der Waals surface area contributed by atoms with Gasteiger partial charge in [0.2, 0.25) is 0 Å². The van der Waals surface area contributed by atoms with Gasteiger partial charge in [-0.15, -0.1) is 18.3 Å². The van der Waals surface area contributed by atoms with Crippen LogP contribution >= 0.6 is 0 Å². The third-order valence-electron chi connectivity index (χ3n) is 5.04. The molecular formula is C20H20F3N5O3. The number of pyridine rings is 1. The predicted octanol–water partition coefficient (Wildman–Crippen LogP) is 2.16. The first-order valence-corrected chi connectivity index (χ1v) is 9.54. The summed E-state index contributed by atoms with van der Waals surface area (Å²) in [6, 6.07) is 8.29. The minimum Gasteiger partial charge on any atom is -0.406 e. The lowest BCUT2D eigenvalue weighted by Crippen LogP contribution is -2.57. The van der Waals surface area contributed by atoms with Crippen LogP contribution < -0.4 is 26.0 Å². The quantitative estimate of drug-likeness (QED) is 0.767. The van der Waals surface area contributed by atoms with Gasteiger partial charge in [0.05, 0.1) is 12.2 Å². The van der Waals surface area contributed by atoms with E-state index in [0.717, 1.165) is 17.7 Å². The van der Waals surface area contributed by atoms with Crippen LogP contribution in [0.2, 0.25) is 0 Å². The SMILES string of the molecule is Cn1cccc(NN2CC3=C(CCNC3)C(=O)N2c2ccc(OC(F)(F)F)cc2)c1=O. The Kier molecular flexibility index (Phi) is 5.46. The van der Waals surface area contributed by atoms with Crippen molar-refractivity contribution in [3.05, 3.63) is 64.1 Å². The molecule has 4 rings (SSSR count). The smallest absolute Gasteiger partial charge is 0.406 e. The zero-order chi connectivity index (χ0) is 22.2. The van der Waals surface area contributed by atoms with E-state index in [2.05, 4.69) is 15.5 Å². The highest BCUT2D eigenvalue weighted by Crippen LogP contribution is 2.31. The Hall–Kier alpha value is -3.31. The number of hydrogen-bond donors (Lipinski definition) is 2. The van der Waals surface area contributed by atoms with E-state index in [1.807, 2.05) is 0 Å². The topological polar surface area (TPSA) is 78.8 Å². The number of hydrazine groups is 2. The second-order valence-corrected chi connectivity index (χ2v) is 7.17. The summed E-state index contributed by atoms with van der Waals surface area (Å²) >= 11 is 0. The molecule has 0 spiro atoms. The van der Waals surface area contributed by atoms with Gasteiger partial charge in [0.25, 0.3) is 11.5 Å². The van der Waals surface area contributed by atoms with Crippen LogP contribution in [0.5, 0.6) is 5.75 Å². The molecule has 0 radical (unpaired) electrons. The fourth-order valence-electron chi connectivity index (χ4n) is 3.59. The van der Waals surface area contributed by atoms with Crippen molar-refractivity contribution in [2.24, 2.45) is 7.05 Å². The van der Waals surface area contributed by atoms with Gasteiger partial charge in [-0.1, -0.05) is 0 Å². The molecule has 0 bridgehead atoms. The Balaban J connectivity index is 1.69. The van der Waals surface area contributed by atoms with Crippen molar-refractivity contribution in [1.29, 1.82) is 0 Å². The van der Waals surface area contributed by atoms with Crippen molar-refractivity contribution in [2.75, 3.05) is 30.1 Å². The number of carbonyl (C=O) groups excluding carboxylic acids is 1. The summed E-state index contributed by atoms with van der Waals surface area (Å²) in [4.78, 5) is 25.7. The molecule has 1 aromatic carbocycles. The number of anilines is 2. The standard InChI is InChI=1S/C20H20F3N5O3/c1-26-10-2-3-17(19(26)30)25-27-12-13-11-24-9-8-16(13)18(29)28(27)14-4-6-15(7-5-14)31-20(21,22)23/h2-7,10,24-25H,8-9,11-12H2,1H3. The third kappa shape index (κ3) is 4.42. The van der Waals surface area contributed by atoms with Crippen molar-refractivity contribution in [2.45, 2.75) is 12.8 Å². The van der Waals surface area contributed by atoms with E-state index < -0.39 is 6.36 Å². The molecular weight excluding hydrogens is 415 g/mol. The monoisotopic (exact) mass is 435 g/mol. The molecule has 0 saturated heterocycles. The minimum absolute atomic E-state index is 0.257. The summed E-state index contributed by atoms with van der Waals surface area (Å²) in [6.45, 7) is 1.51. The van der Waals surface area contributed by atoms with Crippen LogP contribution in [0.4, 0.5) is 24.5 Å². The summed E-state index contributed by atoms with van der Waals surface area (Å²) in [5, 5.41) is 6.04. The Labute approximate surface area is 175 Å². The van der Waals surface area contributed by atoms with Crippen molar-refractivity contribution < 1.29 is 22.7 Å². The van der Waals surface area contributed by atoms with E-state index in [1.54, 1.807) is 25.4 Å². The fourth-order valence-corrected chi connectivity index (χ4v) is 3.59. The highest BCUT2D eigenvalue weighted by atomic mass is 19.4. The second-order valence-electron chi connectivity index (χ2n) is 7.17. The number of amides is 1. The summed E-state index contributed by atoms with van der Waals surface area (Å²) in [7, 11) is 1.61. The van der Waals surface area contributed by atoms with Crippen LogP contribution in [0.15, 0.2) is 58.5 Å². The number of nitrogens with zero attached hydrogens (tertiary/aromatic N) is 3. The number of aryl methyl sites for hydroxylation is 1. The Morgan fingerprint density at radius 1 is 1.13 bits per heavy atom. The van der Waals surface area contributed by atoms with Crippen molar-refractivity contribution in [3.8, 4) is 5.75 Å². The summed E-state index contributed by atoms with van der Waals surface area (Å²) in [5.41, 5.74) is 4.85. The molecule has 2 aliphatic heterocycles. The third-order valence-corrected chi connectivity index (χ3v) is 5.04. The first-order valence-electron chi connectivity index (χ1n) is 9.54. The number of nitrogens with one attached hydrogen (secondary N) is 2. The number of alkyl halides is 3. The molecule has 0 aliphatic carbocycles. The van der Waals surface area contributed by atoms with Gasteiger partial charge in [-0.2, -0.15) is 0 Å². The maximum Gasteiger partial charge on any atom is 0.573 e. The number of benzene rings is 1. The molecule has 0 atom stereocenters. The van der Waals surface area contributed by atoms with Gasteiger partial charge in [-0.3, -0.25) is 15.0 Å². The molecule has 2 N–H and O–H groups in total. The molecule has 3 heterocycles. The Morgan fingerprint density at radius 3 is 2.58 bits per heavy atom. The van der Waals surface area contributed by atoms with Crippen molar-refractivity contribution in [1.82, 2.24) is 15.0 Å². The van der Waals surface area contributed by atoms with Gasteiger partial charge < -0.3 is 14.6 Å². The molecule has 1 amide bonds. The first kappa shape index (κ1) is 20.9. The summed E-state index contributed by atoms with van der Waals surface area (Å²) in [6.07, 6.45) is -2.66. The van der Waals surface area contributed by atoms with Gasteiger partial charge >= 0.3 is 6.36 Å². The van der Waals surface area contributed by atoms with E-state index >= 15 is 0 Å². The van der Waals surface area contributed by atoms with Crippen LogP contribution in [0.25, 0.3) is 0 Å². The average molecular weight is 435 g/mol. The Bertz CT molecular complexity index is 1080. The van der Waals surface area contributed by atoms with Gasteiger partial charge in [-0.25, -0.2) is 5.01 Å². The van der Waals surface area contributed by atoms with Gasteiger partial charge in [0.15, 0.2) is 0 Å². The molecule has 0 unspecified atom stereocenters. The number of ether oxygens (including phenoxy) is 1. The highest BCUT2D eigenvalue weighted by molar-refractivity contribution is 6.06. The van der Waals surface area contributed by atoms with E-state index in [4.69, 9.17) is 0 Å². The average Bonchev–Trinajstić information content (AvgIpc) is 2.71. The lowest BCUT2D eigenvalue weighted by atomic mass is 9.98. The Morgan fingerprint density at radius 2 is 1.87 bits per heavy atom. The fraction of sp³-hybridized carbons (Fsp3) is 0.300. The van der Waals surface area contributed by atoms with E-state index in [1.165, 1.54) is 26.8 Å². The number of halogens is 3. The second kappa shape index (κ2) is 8.08. The molecule has 11 heteroatoms. The van der Waals surface area contributed by atoms with Gasteiger partial charge in [-0.05, 0) is 54.9 Å². The van der Waals surface area contributed by atoms with Gasteiger partial charge in [0.1, 0.15) is 11.4 Å². The minimum atomic E-state index is -4.81. The van der Waals surface area contributed by atoms with Crippen LogP contribution in [-0.4, -0.2) is 41.6 Å². The largest absolute Gasteiger partial charge is 0.573 e. The maximum absolute atomic E-state index is 13.3. The summed E-state index contributed by atoms with van der Waals surface area (Å²) in [5.74, 6) is -0.689. The lowest BCUT2D eigenvalue weighted by molar-refractivity contribution is -0.274. The molecule has 164 valence electrons. The van der Waals surface area contributed by atoms with Crippen molar-refractivity contribution >= 4 is 17.3 Å². The predicted molar refractivity (Wildman–Crippen MR) is 107 cm³/mol. The number of rotatable bonds is 4. The highest BCUT2D eigenvalue weighted by Gasteiger charge is 2.36. The number of hydrogen-bond acceptors (Lipinski definition) is 6. The van der Waals surface area contributed by atoms with Crippen LogP contribution in [-0.2, 0) is 11.8 Å². The summed E-state index contributed by atoms with van der Waals surface area (Å²) < 4.78 is 42.7. The van der Waals surface area contributed by atoms with E-state index in [9.17, 15) is 22.8 Å². The molecule has 2 aliphatic rings. The van der Waals surface area contributed by atoms with Crippen LogP contribution in [0, 0.1) is 0 Å². The molecule has 1 aromatic heterocycles.